The summed E-state index contributed by atoms with van der Waals surface area (Å²) < 4.78 is 0. The van der Waals surface area contributed by atoms with Gasteiger partial charge in [0.05, 0.1) is 12.1 Å². The quantitative estimate of drug-likeness (QED) is 0.858. The Morgan fingerprint density at radius 1 is 1.38 bits per heavy atom. The van der Waals surface area contributed by atoms with Crippen LogP contribution in [0.5, 0.6) is 0 Å². The van der Waals surface area contributed by atoms with Crippen molar-refractivity contribution < 1.29 is 4.79 Å². The second-order valence-electron chi connectivity index (χ2n) is 5.60. The molecule has 0 spiro atoms. The number of benzene rings is 1. The van der Waals surface area contributed by atoms with Crippen LogP contribution < -0.4 is 5.73 Å². The highest BCUT2D eigenvalue weighted by molar-refractivity contribution is 6.30. The predicted octanol–water partition coefficient (Wildman–Crippen LogP) is 3.94. The zero-order chi connectivity index (χ0) is 14.7. The lowest BCUT2D eigenvalue weighted by atomic mass is 10.0. The van der Waals surface area contributed by atoms with Gasteiger partial charge in [-0.15, -0.1) is 12.4 Å². The molecule has 2 atom stereocenters. The van der Waals surface area contributed by atoms with E-state index in [1.807, 2.05) is 29.2 Å². The van der Waals surface area contributed by atoms with E-state index < -0.39 is 0 Å². The predicted molar refractivity (Wildman–Crippen MR) is 89.9 cm³/mol. The number of carbonyl (C=O) groups excluding carboxylic acids is 1. The summed E-state index contributed by atoms with van der Waals surface area (Å²) in [6.45, 7) is 4.12. The lowest BCUT2D eigenvalue weighted by Gasteiger charge is -2.32. The molecule has 2 N–H and O–H groups in total. The average molecular weight is 331 g/mol. The first-order valence-electron chi connectivity index (χ1n) is 7.37. The molecular weight excluding hydrogens is 307 g/mol. The zero-order valence-electron chi connectivity index (χ0n) is 12.6. The maximum atomic E-state index is 12.6. The first-order valence-corrected chi connectivity index (χ1v) is 7.75. The highest BCUT2D eigenvalue weighted by atomic mass is 35.5. The number of halogens is 2. The molecule has 1 aliphatic carbocycles. The number of nitrogens with zero attached hydrogens (tertiary/aromatic N) is 1. The summed E-state index contributed by atoms with van der Waals surface area (Å²) >= 11 is 5.92. The van der Waals surface area contributed by atoms with Crippen molar-refractivity contribution in [2.24, 2.45) is 5.73 Å². The number of carbonyl (C=O) groups is 1. The molecule has 1 aromatic rings. The molecule has 118 valence electrons. The highest BCUT2D eigenvalue weighted by Gasteiger charge is 2.37. The summed E-state index contributed by atoms with van der Waals surface area (Å²) in [5.74, 6) is 0.0804. The van der Waals surface area contributed by atoms with Gasteiger partial charge in [0.25, 0.3) is 0 Å². The molecule has 0 saturated heterocycles. The van der Waals surface area contributed by atoms with Crippen molar-refractivity contribution in [3.63, 3.8) is 0 Å². The van der Waals surface area contributed by atoms with Gasteiger partial charge >= 0.3 is 0 Å². The van der Waals surface area contributed by atoms with Crippen molar-refractivity contribution in [2.75, 3.05) is 0 Å². The van der Waals surface area contributed by atoms with E-state index >= 15 is 0 Å². The number of rotatable bonds is 6. The fourth-order valence-electron chi connectivity index (χ4n) is 2.57. The summed E-state index contributed by atoms with van der Waals surface area (Å²) in [4.78, 5) is 14.5. The van der Waals surface area contributed by atoms with Gasteiger partial charge in [0.15, 0.2) is 0 Å². The number of hydrogen-bond donors (Lipinski definition) is 1. The molecule has 3 nitrogen and oxygen atoms in total. The SMILES string of the molecule is CCCC(N)C(=O)N(C1CC1)C(C)c1ccc(Cl)cc1.Cl. The molecule has 1 aliphatic rings. The van der Waals surface area contributed by atoms with E-state index in [0.717, 1.165) is 31.2 Å². The van der Waals surface area contributed by atoms with Crippen LogP contribution in [0.1, 0.15) is 51.1 Å². The third-order valence-corrected chi connectivity index (χ3v) is 4.13. The monoisotopic (exact) mass is 330 g/mol. The minimum absolute atomic E-state index is 0. The third-order valence-electron chi connectivity index (χ3n) is 3.88. The van der Waals surface area contributed by atoms with Gasteiger partial charge < -0.3 is 10.6 Å². The fourth-order valence-corrected chi connectivity index (χ4v) is 2.69. The smallest absolute Gasteiger partial charge is 0.240 e. The molecule has 1 fully saturated rings. The Morgan fingerprint density at radius 2 is 1.95 bits per heavy atom. The highest BCUT2D eigenvalue weighted by Crippen LogP contribution is 2.35. The molecule has 1 amide bonds. The first-order chi connectivity index (χ1) is 9.54. The third kappa shape index (κ3) is 4.60. The molecular formula is C16H24Cl2N2O. The van der Waals surface area contributed by atoms with Crippen molar-refractivity contribution >= 4 is 29.9 Å². The summed E-state index contributed by atoms with van der Waals surface area (Å²) in [6.07, 6.45) is 3.85. The van der Waals surface area contributed by atoms with Gasteiger partial charge in [-0.2, -0.15) is 0 Å². The number of hydrogen-bond acceptors (Lipinski definition) is 2. The van der Waals surface area contributed by atoms with E-state index in [0.29, 0.717) is 11.1 Å². The van der Waals surface area contributed by atoms with Gasteiger partial charge in [-0.3, -0.25) is 4.79 Å². The molecule has 5 heteroatoms. The molecule has 0 bridgehead atoms. The van der Waals surface area contributed by atoms with E-state index in [1.165, 1.54) is 0 Å². The fraction of sp³-hybridized carbons (Fsp3) is 0.562. The van der Waals surface area contributed by atoms with Crippen LogP contribution >= 0.6 is 24.0 Å². The zero-order valence-corrected chi connectivity index (χ0v) is 14.2. The molecule has 1 saturated carbocycles. The lowest BCUT2D eigenvalue weighted by molar-refractivity contribution is -0.135. The Kier molecular flexibility index (Phi) is 6.98. The summed E-state index contributed by atoms with van der Waals surface area (Å²) in [7, 11) is 0. The molecule has 1 aromatic carbocycles. The minimum atomic E-state index is -0.379. The van der Waals surface area contributed by atoms with Crippen molar-refractivity contribution in [2.45, 2.75) is 57.7 Å². The average Bonchev–Trinajstić information content (AvgIpc) is 3.24. The molecule has 0 radical (unpaired) electrons. The van der Waals surface area contributed by atoms with E-state index in [9.17, 15) is 4.79 Å². The summed E-state index contributed by atoms with van der Waals surface area (Å²) in [5.41, 5.74) is 7.13. The molecule has 2 unspecified atom stereocenters. The first kappa shape index (κ1) is 18.3. The second-order valence-corrected chi connectivity index (χ2v) is 6.04. The Bertz CT molecular complexity index is 460. The van der Waals surface area contributed by atoms with Crippen LogP contribution in [0.25, 0.3) is 0 Å². The van der Waals surface area contributed by atoms with Crippen LogP contribution in [0.3, 0.4) is 0 Å². The van der Waals surface area contributed by atoms with Gasteiger partial charge in [-0.1, -0.05) is 37.1 Å². The van der Waals surface area contributed by atoms with Gasteiger partial charge in [-0.25, -0.2) is 0 Å². The van der Waals surface area contributed by atoms with Crippen LogP contribution in [0, 0.1) is 0 Å². The van der Waals surface area contributed by atoms with Crippen molar-refractivity contribution in [1.29, 1.82) is 0 Å². The van der Waals surface area contributed by atoms with Crippen LogP contribution in [-0.4, -0.2) is 22.9 Å². The number of nitrogens with two attached hydrogens (primary N) is 1. The Labute approximate surface area is 138 Å². The van der Waals surface area contributed by atoms with E-state index in [2.05, 4.69) is 13.8 Å². The van der Waals surface area contributed by atoms with Crippen molar-refractivity contribution in [3.8, 4) is 0 Å². The van der Waals surface area contributed by atoms with Crippen LogP contribution in [0.15, 0.2) is 24.3 Å². The van der Waals surface area contributed by atoms with Gasteiger partial charge in [-0.05, 0) is 43.9 Å². The minimum Gasteiger partial charge on any atom is -0.332 e. The van der Waals surface area contributed by atoms with Crippen molar-refractivity contribution in [3.05, 3.63) is 34.9 Å². The summed E-state index contributed by atoms with van der Waals surface area (Å²) in [5, 5.41) is 0.716. The number of amides is 1. The molecule has 0 aromatic heterocycles. The van der Waals surface area contributed by atoms with E-state index in [4.69, 9.17) is 17.3 Å². The standard InChI is InChI=1S/C16H23ClN2O.ClH/c1-3-4-15(18)16(20)19(14-9-10-14)11(2)12-5-7-13(17)8-6-12;/h5-8,11,14-15H,3-4,9-10,18H2,1-2H3;1H. The summed E-state index contributed by atoms with van der Waals surface area (Å²) in [6, 6.07) is 7.74. The van der Waals surface area contributed by atoms with Crippen molar-refractivity contribution in [1.82, 2.24) is 4.90 Å². The van der Waals surface area contributed by atoms with Crippen LogP contribution in [0.2, 0.25) is 5.02 Å². The van der Waals surface area contributed by atoms with Gasteiger partial charge in [0.1, 0.15) is 0 Å². The normalized spacial score (nSPS) is 16.8. The molecule has 0 heterocycles. The van der Waals surface area contributed by atoms with Gasteiger partial charge in [0, 0.05) is 11.1 Å². The van der Waals surface area contributed by atoms with Gasteiger partial charge in [0.2, 0.25) is 5.91 Å². The Hall–Kier alpha value is -0.770. The molecule has 2 rings (SSSR count). The lowest BCUT2D eigenvalue weighted by Crippen LogP contribution is -2.46. The Morgan fingerprint density at radius 3 is 2.43 bits per heavy atom. The maximum Gasteiger partial charge on any atom is 0.240 e. The van der Waals surface area contributed by atoms with E-state index in [1.54, 1.807) is 0 Å². The largest absolute Gasteiger partial charge is 0.332 e. The Balaban J connectivity index is 0.00000220. The van der Waals surface area contributed by atoms with Crippen LogP contribution in [0.4, 0.5) is 0 Å². The second kappa shape index (κ2) is 8.02. The van der Waals surface area contributed by atoms with E-state index in [-0.39, 0.29) is 30.4 Å². The molecule has 0 aliphatic heterocycles. The van der Waals surface area contributed by atoms with Crippen LogP contribution in [-0.2, 0) is 4.79 Å². The molecule has 21 heavy (non-hydrogen) atoms. The topological polar surface area (TPSA) is 46.3 Å². The maximum absolute atomic E-state index is 12.6.